The van der Waals surface area contributed by atoms with Gasteiger partial charge in [0.05, 0.1) is 14.2 Å². The second-order valence-corrected chi connectivity index (χ2v) is 5.83. The molecule has 0 saturated heterocycles. The fraction of sp³-hybridized carbons (Fsp3) is 0.857. The van der Waals surface area contributed by atoms with Crippen LogP contribution in [0.5, 0.6) is 0 Å². The van der Waals surface area contributed by atoms with Crippen LogP contribution in [0.2, 0.25) is 0 Å². The van der Waals surface area contributed by atoms with Crippen LogP contribution in [0, 0.1) is 10.8 Å². The lowest BCUT2D eigenvalue weighted by atomic mass is 9.50. The Morgan fingerprint density at radius 1 is 0.833 bits per heavy atom. The van der Waals surface area contributed by atoms with Gasteiger partial charge in [-0.15, -0.1) is 0 Å². The van der Waals surface area contributed by atoms with Gasteiger partial charge in [0.25, 0.3) is 0 Å². The maximum Gasteiger partial charge on any atom is 0.323 e. The molecule has 2 fully saturated rings. The number of carbonyl (C=O) groups excluding carboxylic acids is 2. The molecule has 4 heteroatoms. The number of carbonyl (C=O) groups is 2. The molecule has 0 amide bonds. The normalized spacial score (nSPS) is 24.8. The van der Waals surface area contributed by atoms with Crippen molar-refractivity contribution in [3.05, 3.63) is 0 Å². The second-order valence-electron chi connectivity index (χ2n) is 5.83. The minimum Gasteiger partial charge on any atom is -0.468 e. The van der Waals surface area contributed by atoms with E-state index in [1.807, 2.05) is 0 Å². The SMILES string of the molecule is COC(=O)C1(C(=O)OC)CC2(CCCCCC2)C1. The van der Waals surface area contributed by atoms with Gasteiger partial charge in [-0.3, -0.25) is 9.59 Å². The average molecular weight is 254 g/mol. The number of hydrogen-bond acceptors (Lipinski definition) is 4. The maximum atomic E-state index is 11.9. The lowest BCUT2D eigenvalue weighted by molar-refractivity contribution is -0.189. The number of rotatable bonds is 2. The third-order valence-electron chi connectivity index (χ3n) is 4.67. The molecule has 0 aromatic rings. The summed E-state index contributed by atoms with van der Waals surface area (Å²) in [6.45, 7) is 0. The molecule has 0 aromatic heterocycles. The van der Waals surface area contributed by atoms with E-state index in [0.717, 1.165) is 12.8 Å². The van der Waals surface area contributed by atoms with Crippen molar-refractivity contribution in [2.45, 2.75) is 51.4 Å². The number of methoxy groups -OCH3 is 2. The molecule has 2 aliphatic rings. The Hall–Kier alpha value is -1.06. The quantitative estimate of drug-likeness (QED) is 0.561. The highest BCUT2D eigenvalue weighted by molar-refractivity contribution is 6.01. The van der Waals surface area contributed by atoms with E-state index < -0.39 is 17.4 Å². The number of ether oxygens (including phenoxy) is 2. The first-order valence-corrected chi connectivity index (χ1v) is 6.75. The van der Waals surface area contributed by atoms with E-state index in [-0.39, 0.29) is 5.41 Å². The minimum atomic E-state index is -1.02. The average Bonchev–Trinajstić information content (AvgIpc) is 2.60. The fourth-order valence-corrected chi connectivity index (χ4v) is 3.82. The summed E-state index contributed by atoms with van der Waals surface area (Å²) in [6.07, 6.45) is 8.43. The highest BCUT2D eigenvalue weighted by Crippen LogP contribution is 2.61. The van der Waals surface area contributed by atoms with Crippen LogP contribution in [-0.2, 0) is 19.1 Å². The summed E-state index contributed by atoms with van der Waals surface area (Å²) in [5.41, 5.74) is -0.841. The smallest absolute Gasteiger partial charge is 0.323 e. The van der Waals surface area contributed by atoms with Gasteiger partial charge in [0, 0.05) is 0 Å². The third kappa shape index (κ3) is 2.02. The molecular formula is C14H22O4. The lowest BCUT2D eigenvalue weighted by Gasteiger charge is -2.52. The summed E-state index contributed by atoms with van der Waals surface area (Å²) in [5, 5.41) is 0. The molecule has 18 heavy (non-hydrogen) atoms. The minimum absolute atomic E-state index is 0.179. The van der Waals surface area contributed by atoms with Crippen molar-refractivity contribution in [3.8, 4) is 0 Å². The molecule has 0 N–H and O–H groups in total. The first-order valence-electron chi connectivity index (χ1n) is 6.75. The molecule has 0 unspecified atom stereocenters. The van der Waals surface area contributed by atoms with Gasteiger partial charge < -0.3 is 9.47 Å². The zero-order valence-electron chi connectivity index (χ0n) is 11.3. The zero-order valence-corrected chi connectivity index (χ0v) is 11.3. The molecule has 0 aromatic carbocycles. The standard InChI is InChI=1S/C14H22O4/c1-17-11(15)14(12(16)18-2)9-13(10-14)7-5-3-4-6-8-13/h3-10H2,1-2H3. The van der Waals surface area contributed by atoms with Crippen molar-refractivity contribution in [1.82, 2.24) is 0 Å². The van der Waals surface area contributed by atoms with Crippen LogP contribution in [0.25, 0.3) is 0 Å². The molecule has 2 saturated carbocycles. The van der Waals surface area contributed by atoms with E-state index in [0.29, 0.717) is 12.8 Å². The molecular weight excluding hydrogens is 232 g/mol. The van der Waals surface area contributed by atoms with Gasteiger partial charge >= 0.3 is 11.9 Å². The predicted molar refractivity (Wildman–Crippen MR) is 65.8 cm³/mol. The van der Waals surface area contributed by atoms with Gasteiger partial charge in [-0.1, -0.05) is 25.7 Å². The van der Waals surface area contributed by atoms with Crippen molar-refractivity contribution in [1.29, 1.82) is 0 Å². The molecule has 0 heterocycles. The Kier molecular flexibility index (Phi) is 3.64. The topological polar surface area (TPSA) is 52.6 Å². The van der Waals surface area contributed by atoms with Gasteiger partial charge in [-0.05, 0) is 31.1 Å². The zero-order chi connectivity index (χ0) is 13.2. The third-order valence-corrected chi connectivity index (χ3v) is 4.67. The van der Waals surface area contributed by atoms with Crippen molar-refractivity contribution in [3.63, 3.8) is 0 Å². The van der Waals surface area contributed by atoms with Crippen molar-refractivity contribution in [2.24, 2.45) is 10.8 Å². The maximum absolute atomic E-state index is 11.9. The summed E-state index contributed by atoms with van der Waals surface area (Å²) < 4.78 is 9.61. The molecule has 2 rings (SSSR count). The van der Waals surface area contributed by atoms with Crippen LogP contribution < -0.4 is 0 Å². The van der Waals surface area contributed by atoms with Crippen LogP contribution in [0.1, 0.15) is 51.4 Å². The van der Waals surface area contributed by atoms with Gasteiger partial charge in [0.15, 0.2) is 5.41 Å². The largest absolute Gasteiger partial charge is 0.468 e. The number of hydrogen-bond donors (Lipinski definition) is 0. The first kappa shape index (κ1) is 13.4. The van der Waals surface area contributed by atoms with E-state index >= 15 is 0 Å². The van der Waals surface area contributed by atoms with E-state index in [2.05, 4.69) is 0 Å². The van der Waals surface area contributed by atoms with Gasteiger partial charge in [0.2, 0.25) is 0 Å². The Balaban J connectivity index is 2.13. The molecule has 0 bridgehead atoms. The predicted octanol–water partition coefficient (Wildman–Crippen LogP) is 2.45. The van der Waals surface area contributed by atoms with Crippen molar-refractivity contribution in [2.75, 3.05) is 14.2 Å². The molecule has 0 aliphatic heterocycles. The van der Waals surface area contributed by atoms with E-state index in [9.17, 15) is 9.59 Å². The van der Waals surface area contributed by atoms with Crippen LogP contribution in [0.4, 0.5) is 0 Å². The Bertz CT molecular complexity index is 314. The Morgan fingerprint density at radius 2 is 1.28 bits per heavy atom. The van der Waals surface area contributed by atoms with Gasteiger partial charge in [0.1, 0.15) is 0 Å². The monoisotopic (exact) mass is 254 g/mol. The van der Waals surface area contributed by atoms with Crippen molar-refractivity contribution < 1.29 is 19.1 Å². The van der Waals surface area contributed by atoms with Gasteiger partial charge in [-0.2, -0.15) is 0 Å². The van der Waals surface area contributed by atoms with Crippen LogP contribution in [-0.4, -0.2) is 26.2 Å². The van der Waals surface area contributed by atoms with Crippen LogP contribution in [0.3, 0.4) is 0 Å². The lowest BCUT2D eigenvalue weighted by Crippen LogP contribution is -2.56. The summed E-state index contributed by atoms with van der Waals surface area (Å²) in [5.74, 6) is -0.853. The van der Waals surface area contributed by atoms with E-state index in [4.69, 9.17) is 9.47 Å². The van der Waals surface area contributed by atoms with E-state index in [1.54, 1.807) is 0 Å². The highest BCUT2D eigenvalue weighted by Gasteiger charge is 2.64. The second kappa shape index (κ2) is 4.90. The van der Waals surface area contributed by atoms with Crippen LogP contribution >= 0.6 is 0 Å². The van der Waals surface area contributed by atoms with Crippen molar-refractivity contribution >= 4 is 11.9 Å². The number of esters is 2. The van der Waals surface area contributed by atoms with Gasteiger partial charge in [-0.25, -0.2) is 0 Å². The molecule has 4 nitrogen and oxygen atoms in total. The van der Waals surface area contributed by atoms with Crippen LogP contribution in [0.15, 0.2) is 0 Å². The molecule has 0 radical (unpaired) electrons. The molecule has 2 aliphatic carbocycles. The highest BCUT2D eigenvalue weighted by atomic mass is 16.5. The molecule has 102 valence electrons. The summed E-state index contributed by atoms with van der Waals surface area (Å²) in [4.78, 5) is 23.8. The first-order chi connectivity index (χ1) is 8.58. The molecule has 0 atom stereocenters. The summed E-state index contributed by atoms with van der Waals surface area (Å²) >= 11 is 0. The fourth-order valence-electron chi connectivity index (χ4n) is 3.82. The summed E-state index contributed by atoms with van der Waals surface area (Å²) in [7, 11) is 2.68. The molecule has 1 spiro atoms. The van der Waals surface area contributed by atoms with E-state index in [1.165, 1.54) is 39.9 Å². The Morgan fingerprint density at radius 3 is 1.67 bits per heavy atom. The Labute approximate surface area is 108 Å². The summed E-state index contributed by atoms with van der Waals surface area (Å²) in [6, 6.07) is 0.